The minimum atomic E-state index is -0.401. The summed E-state index contributed by atoms with van der Waals surface area (Å²) >= 11 is 1.01. The zero-order chi connectivity index (χ0) is 21.8. The number of pyridine rings is 1. The van der Waals surface area contributed by atoms with Gasteiger partial charge in [0.25, 0.3) is 5.24 Å². The Balaban J connectivity index is 1.35. The third-order valence-electron chi connectivity index (χ3n) is 4.85. The van der Waals surface area contributed by atoms with Gasteiger partial charge in [-0.2, -0.15) is 0 Å². The molecule has 1 aliphatic heterocycles. The van der Waals surface area contributed by atoms with Crippen LogP contribution in [-0.2, 0) is 17.6 Å². The van der Waals surface area contributed by atoms with Crippen molar-refractivity contribution in [3.63, 3.8) is 0 Å². The quantitative estimate of drug-likeness (QED) is 0.559. The molecule has 8 heteroatoms. The largest absolute Gasteiger partial charge is 0.477 e. The number of rotatable bonds is 8. The third-order valence-corrected chi connectivity index (χ3v) is 5.83. The van der Waals surface area contributed by atoms with Crippen molar-refractivity contribution in [1.82, 2.24) is 15.3 Å². The molecule has 1 atom stereocenters. The molecule has 1 aromatic carbocycles. The highest BCUT2D eigenvalue weighted by Crippen LogP contribution is 2.27. The lowest BCUT2D eigenvalue weighted by Crippen LogP contribution is -2.25. The molecule has 1 aliphatic rings. The highest BCUT2D eigenvalue weighted by atomic mass is 32.2. The minimum Gasteiger partial charge on any atom is -0.477 e. The van der Waals surface area contributed by atoms with Crippen LogP contribution in [0.4, 0.5) is 4.79 Å². The van der Waals surface area contributed by atoms with Crippen molar-refractivity contribution in [2.45, 2.75) is 37.9 Å². The van der Waals surface area contributed by atoms with E-state index in [9.17, 15) is 9.59 Å². The molecule has 0 saturated carbocycles. The zero-order valence-corrected chi connectivity index (χ0v) is 18.1. The number of hydrogen-bond acceptors (Lipinski definition) is 7. The van der Waals surface area contributed by atoms with Crippen LogP contribution in [0.3, 0.4) is 0 Å². The number of benzene rings is 1. The van der Waals surface area contributed by atoms with Crippen LogP contribution in [0.25, 0.3) is 11.5 Å². The van der Waals surface area contributed by atoms with Gasteiger partial charge in [-0.1, -0.05) is 49.9 Å². The minimum absolute atomic E-state index is 0.218. The lowest BCUT2D eigenvalue weighted by molar-refractivity contribution is -0.118. The van der Waals surface area contributed by atoms with E-state index in [1.54, 1.807) is 12.3 Å². The fourth-order valence-electron chi connectivity index (χ4n) is 3.31. The van der Waals surface area contributed by atoms with Gasteiger partial charge >= 0.3 is 0 Å². The lowest BCUT2D eigenvalue weighted by Gasteiger charge is -2.08. The molecule has 1 N–H and O–H groups in total. The molecule has 160 valence electrons. The predicted molar refractivity (Wildman–Crippen MR) is 118 cm³/mol. The van der Waals surface area contributed by atoms with Crippen molar-refractivity contribution in [3.8, 4) is 17.3 Å². The summed E-state index contributed by atoms with van der Waals surface area (Å²) in [5.41, 5.74) is 2.71. The predicted octanol–water partition coefficient (Wildman–Crippen LogP) is 4.38. The summed E-state index contributed by atoms with van der Waals surface area (Å²) < 4.78 is 11.8. The van der Waals surface area contributed by atoms with E-state index in [1.165, 1.54) is 0 Å². The van der Waals surface area contributed by atoms with Crippen LogP contribution in [0.15, 0.2) is 53.1 Å². The van der Waals surface area contributed by atoms with Crippen LogP contribution in [0.5, 0.6) is 5.88 Å². The van der Waals surface area contributed by atoms with E-state index in [1.807, 2.05) is 36.4 Å². The molecule has 2 aromatic heterocycles. The maximum atomic E-state index is 11.7. The van der Waals surface area contributed by atoms with Crippen molar-refractivity contribution in [1.29, 1.82) is 0 Å². The van der Waals surface area contributed by atoms with E-state index in [0.717, 1.165) is 34.3 Å². The highest BCUT2D eigenvalue weighted by Gasteiger charge is 2.31. The number of amides is 2. The van der Waals surface area contributed by atoms with E-state index in [4.69, 9.17) is 9.15 Å². The lowest BCUT2D eigenvalue weighted by atomic mass is 10.1. The van der Waals surface area contributed by atoms with E-state index in [2.05, 4.69) is 29.1 Å². The normalized spacial score (nSPS) is 16.0. The first kappa shape index (κ1) is 21.1. The van der Waals surface area contributed by atoms with E-state index in [-0.39, 0.29) is 17.1 Å². The van der Waals surface area contributed by atoms with Crippen molar-refractivity contribution in [2.24, 2.45) is 0 Å². The van der Waals surface area contributed by atoms with E-state index >= 15 is 0 Å². The molecule has 0 radical (unpaired) electrons. The average molecular weight is 438 g/mol. The maximum absolute atomic E-state index is 11.7. The number of aromatic nitrogens is 2. The van der Waals surface area contributed by atoms with Gasteiger partial charge in [0.05, 0.1) is 17.6 Å². The summed E-state index contributed by atoms with van der Waals surface area (Å²) in [5, 5.41) is 1.59. The van der Waals surface area contributed by atoms with Crippen LogP contribution in [0.1, 0.15) is 36.8 Å². The van der Waals surface area contributed by atoms with Crippen molar-refractivity contribution in [3.05, 3.63) is 65.7 Å². The number of hydrogen-bond donors (Lipinski definition) is 1. The Labute approximate surface area is 184 Å². The van der Waals surface area contributed by atoms with Crippen LogP contribution in [-0.4, -0.2) is 33.0 Å². The van der Waals surface area contributed by atoms with E-state index in [0.29, 0.717) is 31.2 Å². The highest BCUT2D eigenvalue weighted by molar-refractivity contribution is 8.15. The molecule has 0 bridgehead atoms. The van der Waals surface area contributed by atoms with Gasteiger partial charge in [-0.05, 0) is 24.1 Å². The number of carbonyl (C=O) groups is 2. The third kappa shape index (κ3) is 5.14. The Morgan fingerprint density at radius 2 is 1.97 bits per heavy atom. The molecule has 3 aromatic rings. The van der Waals surface area contributed by atoms with Gasteiger partial charge in [-0.3, -0.25) is 14.9 Å². The Kier molecular flexibility index (Phi) is 6.36. The molecule has 0 aliphatic carbocycles. The van der Waals surface area contributed by atoms with Gasteiger partial charge in [-0.15, -0.1) is 0 Å². The second-order valence-electron chi connectivity index (χ2n) is 7.54. The standard InChI is InChI=1S/C23H23N3O4S/c1-14(2)20-17(25-22(30-20)16-6-4-3-5-7-16)10-11-29-19-9-8-15(13-24-19)12-18-21(27)26-23(28)31-18/h3-9,13-14,18H,10-12H2,1-2H3,(H,26,27,28). The molecule has 7 nitrogen and oxygen atoms in total. The first-order chi connectivity index (χ1) is 15.0. The molecule has 4 rings (SSSR count). The molecule has 1 unspecified atom stereocenters. The number of thioether (sulfide) groups is 1. The number of nitrogens with zero attached hydrogens (tertiary/aromatic N) is 2. The van der Waals surface area contributed by atoms with E-state index < -0.39 is 5.25 Å². The second-order valence-corrected chi connectivity index (χ2v) is 8.72. The SMILES string of the molecule is CC(C)c1oc(-c2ccccc2)nc1CCOc1ccc(CC2SC(=O)NC2=O)cn1. The summed E-state index contributed by atoms with van der Waals surface area (Å²) in [6.45, 7) is 4.58. The van der Waals surface area contributed by atoms with Crippen LogP contribution in [0.2, 0.25) is 0 Å². The maximum Gasteiger partial charge on any atom is 0.286 e. The summed E-state index contributed by atoms with van der Waals surface area (Å²) in [5.74, 6) is 1.96. The van der Waals surface area contributed by atoms with Gasteiger partial charge in [0.2, 0.25) is 17.7 Å². The molecule has 0 spiro atoms. The molecule has 1 saturated heterocycles. The number of nitrogens with one attached hydrogen (secondary N) is 1. The van der Waals surface area contributed by atoms with Crippen LogP contribution < -0.4 is 10.1 Å². The first-order valence-electron chi connectivity index (χ1n) is 10.1. The van der Waals surface area contributed by atoms with Crippen molar-refractivity contribution >= 4 is 22.9 Å². The second kappa shape index (κ2) is 9.34. The number of oxazole rings is 1. The average Bonchev–Trinajstić information content (AvgIpc) is 3.33. The summed E-state index contributed by atoms with van der Waals surface area (Å²) in [4.78, 5) is 32.0. The smallest absolute Gasteiger partial charge is 0.286 e. The molecule has 31 heavy (non-hydrogen) atoms. The fraction of sp³-hybridized carbons (Fsp3) is 0.304. The van der Waals surface area contributed by atoms with Crippen molar-refractivity contribution < 1.29 is 18.7 Å². The van der Waals surface area contributed by atoms with Crippen molar-refractivity contribution in [2.75, 3.05) is 6.61 Å². The Hall–Kier alpha value is -3.13. The molecule has 1 fully saturated rings. The monoisotopic (exact) mass is 437 g/mol. The molecule has 2 amide bonds. The van der Waals surface area contributed by atoms with Gasteiger partial charge in [0.1, 0.15) is 5.76 Å². The topological polar surface area (TPSA) is 94.3 Å². The number of imide groups is 1. The number of carbonyl (C=O) groups excluding carboxylic acids is 2. The van der Waals surface area contributed by atoms with Crippen LogP contribution in [0, 0.1) is 0 Å². The Morgan fingerprint density at radius 3 is 2.61 bits per heavy atom. The Morgan fingerprint density at radius 1 is 1.16 bits per heavy atom. The summed E-state index contributed by atoms with van der Waals surface area (Å²) in [7, 11) is 0. The first-order valence-corrected chi connectivity index (χ1v) is 11.0. The van der Waals surface area contributed by atoms with Gasteiger partial charge < -0.3 is 9.15 Å². The fourth-order valence-corrected chi connectivity index (χ4v) is 4.17. The summed E-state index contributed by atoms with van der Waals surface area (Å²) in [6.07, 6.45) is 2.73. The number of ether oxygens (including phenoxy) is 1. The summed E-state index contributed by atoms with van der Waals surface area (Å²) in [6, 6.07) is 13.5. The van der Waals surface area contributed by atoms with Gasteiger partial charge in [0.15, 0.2) is 0 Å². The zero-order valence-electron chi connectivity index (χ0n) is 17.3. The van der Waals surface area contributed by atoms with Gasteiger partial charge in [0, 0.05) is 30.2 Å². The molecular weight excluding hydrogens is 414 g/mol. The molecular formula is C23H23N3O4S. The van der Waals surface area contributed by atoms with Crippen LogP contribution >= 0.6 is 11.8 Å². The Bertz CT molecular complexity index is 1060. The van der Waals surface area contributed by atoms with Gasteiger partial charge in [-0.25, -0.2) is 9.97 Å². The molecule has 3 heterocycles.